The number of hydrogen-bond donors (Lipinski definition) is 2. The highest BCUT2D eigenvalue weighted by Crippen LogP contribution is 2.48. The molecule has 1 saturated carbocycles. The van der Waals surface area contributed by atoms with Gasteiger partial charge in [-0.15, -0.1) is 0 Å². The van der Waals surface area contributed by atoms with Crippen molar-refractivity contribution in [1.29, 1.82) is 0 Å². The highest BCUT2D eigenvalue weighted by atomic mass is 19.3. The van der Waals surface area contributed by atoms with E-state index in [0.717, 1.165) is 25.5 Å². The molecule has 0 aromatic carbocycles. The highest BCUT2D eigenvalue weighted by molar-refractivity contribution is 5.92. The maximum Gasteiger partial charge on any atom is 0.410 e. The largest absolute Gasteiger partial charge is 0.444 e. The van der Waals surface area contributed by atoms with Gasteiger partial charge in [0.1, 0.15) is 11.3 Å². The number of hydrogen-bond acceptors (Lipinski definition) is 5. The number of halogens is 2. The van der Waals surface area contributed by atoms with Crippen LogP contribution in [0.5, 0.6) is 0 Å². The van der Waals surface area contributed by atoms with Crippen LogP contribution in [0.4, 0.5) is 13.6 Å². The average molecular weight is 443 g/mol. The number of carbonyl (C=O) groups excluding carboxylic acids is 2. The van der Waals surface area contributed by atoms with Crippen LogP contribution in [0.1, 0.15) is 76.8 Å². The summed E-state index contributed by atoms with van der Waals surface area (Å²) in [6, 6.07) is 0.620. The number of carbonyl (C=O) groups is 2. The molecule has 2 aliphatic rings. The van der Waals surface area contributed by atoms with Crippen molar-refractivity contribution in [2.24, 2.45) is 5.41 Å². The quantitative estimate of drug-likeness (QED) is 0.746. The van der Waals surface area contributed by atoms with E-state index in [2.05, 4.69) is 10.4 Å². The van der Waals surface area contributed by atoms with Crippen LogP contribution in [0.3, 0.4) is 0 Å². The van der Waals surface area contributed by atoms with Gasteiger partial charge in [0.05, 0.1) is 12.1 Å². The third-order valence-corrected chi connectivity index (χ3v) is 6.28. The minimum absolute atomic E-state index is 0.110. The number of aliphatic hydroxyl groups is 1. The van der Waals surface area contributed by atoms with E-state index in [1.807, 2.05) is 6.92 Å². The van der Waals surface area contributed by atoms with E-state index in [9.17, 15) is 23.5 Å². The van der Waals surface area contributed by atoms with E-state index < -0.39 is 41.7 Å². The van der Waals surface area contributed by atoms with Crippen molar-refractivity contribution >= 4 is 12.0 Å². The summed E-state index contributed by atoms with van der Waals surface area (Å²) < 4.78 is 31.5. The fourth-order valence-electron chi connectivity index (χ4n) is 4.78. The lowest BCUT2D eigenvalue weighted by atomic mass is 9.75. The van der Waals surface area contributed by atoms with Gasteiger partial charge < -0.3 is 15.2 Å². The van der Waals surface area contributed by atoms with E-state index in [0.29, 0.717) is 17.5 Å². The van der Waals surface area contributed by atoms with Crippen molar-refractivity contribution in [3.8, 4) is 0 Å². The number of aliphatic hydroxyl groups excluding tert-OH is 1. The van der Waals surface area contributed by atoms with Gasteiger partial charge in [-0.05, 0) is 46.1 Å². The summed E-state index contributed by atoms with van der Waals surface area (Å²) in [5.41, 5.74) is -1.32. The number of amides is 2. The van der Waals surface area contributed by atoms with E-state index >= 15 is 0 Å². The van der Waals surface area contributed by atoms with E-state index in [4.69, 9.17) is 4.74 Å². The molecular formula is C21H32F2N4O4. The summed E-state index contributed by atoms with van der Waals surface area (Å²) in [4.78, 5) is 27.2. The van der Waals surface area contributed by atoms with Crippen LogP contribution >= 0.6 is 0 Å². The Morgan fingerprint density at radius 3 is 2.65 bits per heavy atom. The van der Waals surface area contributed by atoms with Crippen molar-refractivity contribution in [2.75, 3.05) is 6.54 Å². The number of fused-ring (bicyclic) bond motifs is 1. The Balaban J connectivity index is 1.78. The van der Waals surface area contributed by atoms with Crippen molar-refractivity contribution < 1.29 is 28.2 Å². The summed E-state index contributed by atoms with van der Waals surface area (Å²) in [5, 5.41) is 17.1. The zero-order valence-corrected chi connectivity index (χ0v) is 18.5. The van der Waals surface area contributed by atoms with Gasteiger partial charge >= 0.3 is 12.6 Å². The number of alkyl halides is 2. The standard InChI is InChI=1S/C21H32F2N4O4/c1-20(2,3)31-19(30)27-13(11-21(4)15(27)7-5-6-8-16(21)28)12-24-17(29)14-9-10-26(25-14)18(22)23/h9-10,13,15-16,18,28H,5-8,11-12H2,1-4H3,(H,24,29)/t13-,15-,16+,21-/m1/s1. The Hall–Kier alpha value is -2.23. The van der Waals surface area contributed by atoms with Gasteiger partial charge in [0, 0.05) is 24.2 Å². The molecule has 1 aliphatic heterocycles. The molecule has 0 radical (unpaired) electrons. The first-order chi connectivity index (χ1) is 14.4. The number of rotatable bonds is 4. The highest BCUT2D eigenvalue weighted by Gasteiger charge is 2.55. The second-order valence-corrected chi connectivity index (χ2v) is 9.74. The Morgan fingerprint density at radius 1 is 1.35 bits per heavy atom. The monoisotopic (exact) mass is 442 g/mol. The molecule has 1 aromatic rings. The number of ether oxygens (including phenoxy) is 1. The molecule has 3 rings (SSSR count). The van der Waals surface area contributed by atoms with Gasteiger partial charge in [0.2, 0.25) is 0 Å². The molecule has 1 aliphatic carbocycles. The minimum Gasteiger partial charge on any atom is -0.444 e. The molecule has 2 amide bonds. The summed E-state index contributed by atoms with van der Waals surface area (Å²) in [7, 11) is 0. The zero-order chi connectivity index (χ0) is 23.0. The van der Waals surface area contributed by atoms with Crippen LogP contribution in [0.15, 0.2) is 12.3 Å². The molecule has 0 unspecified atom stereocenters. The number of nitrogens with one attached hydrogen (secondary N) is 1. The van der Waals surface area contributed by atoms with Crippen molar-refractivity contribution in [3.63, 3.8) is 0 Å². The molecule has 2 fully saturated rings. The number of aromatic nitrogens is 2. The summed E-state index contributed by atoms with van der Waals surface area (Å²) in [5.74, 6) is -0.596. The molecular weight excluding hydrogens is 410 g/mol. The average Bonchev–Trinajstić information content (AvgIpc) is 3.22. The van der Waals surface area contributed by atoms with Crippen LogP contribution in [-0.4, -0.2) is 62.1 Å². The summed E-state index contributed by atoms with van der Waals surface area (Å²) in [6.45, 7) is 4.64. The van der Waals surface area contributed by atoms with Gasteiger partial charge in [-0.2, -0.15) is 13.9 Å². The topological polar surface area (TPSA) is 96.7 Å². The molecule has 2 heterocycles. The lowest BCUT2D eigenvalue weighted by Crippen LogP contribution is -2.50. The molecule has 174 valence electrons. The predicted molar refractivity (Wildman–Crippen MR) is 109 cm³/mol. The first-order valence-electron chi connectivity index (χ1n) is 10.7. The molecule has 10 heteroatoms. The van der Waals surface area contributed by atoms with Gasteiger partial charge in [-0.25, -0.2) is 9.48 Å². The van der Waals surface area contributed by atoms with Crippen molar-refractivity contribution in [1.82, 2.24) is 20.0 Å². The van der Waals surface area contributed by atoms with Gasteiger partial charge in [-0.1, -0.05) is 19.8 Å². The van der Waals surface area contributed by atoms with Crippen LogP contribution in [0.2, 0.25) is 0 Å². The second kappa shape index (κ2) is 8.72. The molecule has 1 saturated heterocycles. The van der Waals surface area contributed by atoms with E-state index in [1.54, 1.807) is 25.7 Å². The third-order valence-electron chi connectivity index (χ3n) is 6.28. The maximum absolute atomic E-state index is 13.1. The fraction of sp³-hybridized carbons (Fsp3) is 0.762. The maximum atomic E-state index is 13.1. The van der Waals surface area contributed by atoms with Gasteiger partial charge in [0.15, 0.2) is 0 Å². The second-order valence-electron chi connectivity index (χ2n) is 9.74. The predicted octanol–water partition coefficient (Wildman–Crippen LogP) is 3.33. The Kier molecular flexibility index (Phi) is 6.59. The minimum atomic E-state index is -2.83. The Bertz CT molecular complexity index is 810. The number of nitrogens with zero attached hydrogens (tertiary/aromatic N) is 3. The van der Waals surface area contributed by atoms with Crippen LogP contribution in [0, 0.1) is 5.41 Å². The van der Waals surface area contributed by atoms with Gasteiger partial charge in [0.25, 0.3) is 5.91 Å². The van der Waals surface area contributed by atoms with Crippen LogP contribution in [-0.2, 0) is 4.74 Å². The van der Waals surface area contributed by atoms with Gasteiger partial charge in [-0.3, -0.25) is 9.69 Å². The molecule has 4 atom stereocenters. The third kappa shape index (κ3) is 4.99. The smallest absolute Gasteiger partial charge is 0.410 e. The molecule has 8 nitrogen and oxygen atoms in total. The first kappa shape index (κ1) is 23.4. The van der Waals surface area contributed by atoms with Crippen molar-refractivity contribution in [3.05, 3.63) is 18.0 Å². The van der Waals surface area contributed by atoms with Crippen molar-refractivity contribution in [2.45, 2.75) is 90.1 Å². The molecule has 31 heavy (non-hydrogen) atoms. The first-order valence-corrected chi connectivity index (χ1v) is 10.7. The lowest BCUT2D eigenvalue weighted by molar-refractivity contribution is -0.00902. The summed E-state index contributed by atoms with van der Waals surface area (Å²) >= 11 is 0. The Labute approximate surface area is 180 Å². The van der Waals surface area contributed by atoms with Crippen LogP contribution < -0.4 is 5.32 Å². The molecule has 2 N–H and O–H groups in total. The molecule has 1 aromatic heterocycles. The Morgan fingerprint density at radius 2 is 2.03 bits per heavy atom. The molecule has 0 bridgehead atoms. The molecule has 0 spiro atoms. The van der Waals surface area contributed by atoms with E-state index in [-0.39, 0.29) is 18.3 Å². The SMILES string of the molecule is CC(C)(C)OC(=O)N1[C@@H](CNC(=O)c2ccn(C(F)F)n2)C[C@@]2(C)[C@@H](O)CCCC[C@@H]12. The summed E-state index contributed by atoms with van der Waals surface area (Å²) in [6.07, 6.45) is 3.70. The number of likely N-dealkylation sites (tertiary alicyclic amines) is 1. The van der Waals surface area contributed by atoms with Crippen LogP contribution in [0.25, 0.3) is 0 Å². The lowest BCUT2D eigenvalue weighted by Gasteiger charge is -2.37. The van der Waals surface area contributed by atoms with E-state index in [1.165, 1.54) is 6.07 Å². The fourth-order valence-corrected chi connectivity index (χ4v) is 4.78. The normalized spacial score (nSPS) is 28.9. The zero-order valence-electron chi connectivity index (χ0n) is 18.5.